The summed E-state index contributed by atoms with van der Waals surface area (Å²) in [4.78, 5) is 15.1. The maximum Gasteiger partial charge on any atom is 0.193 e. The van der Waals surface area contributed by atoms with E-state index < -0.39 is 0 Å². The topological polar surface area (TPSA) is 20.3 Å². The van der Waals surface area contributed by atoms with Crippen LogP contribution in [0.4, 0.5) is 5.69 Å². The molecule has 0 aliphatic carbocycles. The summed E-state index contributed by atoms with van der Waals surface area (Å²) in [6.45, 7) is 0. The molecule has 0 fully saturated rings. The first-order valence-electron chi connectivity index (χ1n) is 8.29. The number of anilines is 1. The van der Waals surface area contributed by atoms with Crippen LogP contribution in [0.3, 0.4) is 0 Å². The molecule has 0 spiro atoms. The molecule has 0 amide bonds. The van der Waals surface area contributed by atoms with E-state index in [-0.39, 0.29) is 5.78 Å². The summed E-state index contributed by atoms with van der Waals surface area (Å²) in [5.74, 6) is 0.0310. The molecule has 3 aromatic carbocycles. The van der Waals surface area contributed by atoms with Gasteiger partial charge in [0.15, 0.2) is 5.78 Å². The van der Waals surface area contributed by atoms with Crippen molar-refractivity contribution in [3.8, 4) is 0 Å². The largest absolute Gasteiger partial charge is 0.378 e. The lowest BCUT2D eigenvalue weighted by Gasteiger charge is -2.12. The summed E-state index contributed by atoms with van der Waals surface area (Å²) in [5, 5.41) is 0. The van der Waals surface area contributed by atoms with E-state index in [4.69, 9.17) is 0 Å². The van der Waals surface area contributed by atoms with E-state index in [2.05, 4.69) is 17.0 Å². The van der Waals surface area contributed by atoms with E-state index in [0.29, 0.717) is 11.1 Å². The quantitative estimate of drug-likeness (QED) is 0.366. The average molecular weight is 327 g/mol. The van der Waals surface area contributed by atoms with Gasteiger partial charge in [0, 0.05) is 30.9 Å². The van der Waals surface area contributed by atoms with Gasteiger partial charge in [-0.1, -0.05) is 72.8 Å². The third-order valence-electron chi connectivity index (χ3n) is 4.09. The summed E-state index contributed by atoms with van der Waals surface area (Å²) in [6.07, 6.45) is 1.96. The van der Waals surface area contributed by atoms with Crippen molar-refractivity contribution in [3.05, 3.63) is 102 Å². The Hall–Kier alpha value is -3.13. The van der Waals surface area contributed by atoms with Gasteiger partial charge in [0.25, 0.3) is 0 Å². The molecule has 124 valence electrons. The van der Waals surface area contributed by atoms with Crippen molar-refractivity contribution >= 4 is 23.1 Å². The lowest BCUT2D eigenvalue weighted by Crippen LogP contribution is -2.08. The maximum atomic E-state index is 13.0. The van der Waals surface area contributed by atoms with Crippen LogP contribution in [0.5, 0.6) is 0 Å². The molecular formula is C23H21NO. The predicted octanol–water partition coefficient (Wildman–Crippen LogP) is 5.18. The Kier molecular flexibility index (Phi) is 5.10. The Bertz CT molecular complexity index is 863. The SMILES string of the molecule is CN(C)c1ccc(/C=C(\C(=O)c2ccccc2)c2ccccc2)cc1. The fourth-order valence-corrected chi connectivity index (χ4v) is 2.68. The second-order valence-electron chi connectivity index (χ2n) is 6.11. The zero-order valence-electron chi connectivity index (χ0n) is 14.5. The van der Waals surface area contributed by atoms with Crippen LogP contribution in [0, 0.1) is 0 Å². The van der Waals surface area contributed by atoms with Crippen molar-refractivity contribution in [1.29, 1.82) is 0 Å². The van der Waals surface area contributed by atoms with E-state index in [1.54, 1.807) is 0 Å². The Morgan fingerprint density at radius 2 is 1.24 bits per heavy atom. The Labute approximate surface area is 149 Å². The molecule has 0 atom stereocenters. The van der Waals surface area contributed by atoms with Gasteiger partial charge in [-0.25, -0.2) is 0 Å². The minimum absolute atomic E-state index is 0.0310. The Morgan fingerprint density at radius 1 is 0.720 bits per heavy atom. The minimum Gasteiger partial charge on any atom is -0.378 e. The summed E-state index contributed by atoms with van der Waals surface area (Å²) in [6, 6.07) is 27.4. The Balaban J connectivity index is 2.03. The standard InChI is InChI=1S/C23H21NO/c1-24(2)21-15-13-18(14-16-21)17-22(19-9-5-3-6-10-19)23(25)20-11-7-4-8-12-20/h3-17H,1-2H3/b22-17-. The molecule has 0 unspecified atom stereocenters. The smallest absolute Gasteiger partial charge is 0.193 e. The van der Waals surface area contributed by atoms with Crippen molar-refractivity contribution in [2.75, 3.05) is 19.0 Å². The highest BCUT2D eigenvalue weighted by Gasteiger charge is 2.14. The first-order chi connectivity index (χ1) is 12.1. The third kappa shape index (κ3) is 4.04. The lowest BCUT2D eigenvalue weighted by atomic mass is 9.95. The van der Waals surface area contributed by atoms with Gasteiger partial charge in [0.2, 0.25) is 0 Å². The van der Waals surface area contributed by atoms with Crippen LogP contribution in [0.15, 0.2) is 84.9 Å². The van der Waals surface area contributed by atoms with Gasteiger partial charge in [-0.2, -0.15) is 0 Å². The molecule has 0 aromatic heterocycles. The number of rotatable bonds is 5. The Morgan fingerprint density at radius 3 is 1.76 bits per heavy atom. The molecule has 3 rings (SSSR count). The number of ketones is 1. The summed E-state index contributed by atoms with van der Waals surface area (Å²) in [7, 11) is 4.03. The van der Waals surface area contributed by atoms with E-state index in [0.717, 1.165) is 16.8 Å². The molecule has 0 saturated carbocycles. The van der Waals surface area contributed by atoms with Gasteiger partial charge >= 0.3 is 0 Å². The number of Topliss-reactive ketones (excluding diaryl/α,β-unsaturated/α-hetero) is 1. The molecule has 0 N–H and O–H groups in total. The maximum absolute atomic E-state index is 13.0. The van der Waals surface area contributed by atoms with Crippen LogP contribution >= 0.6 is 0 Å². The van der Waals surface area contributed by atoms with Crippen LogP contribution in [0.25, 0.3) is 11.6 Å². The number of benzene rings is 3. The van der Waals surface area contributed by atoms with Crippen LogP contribution in [0.2, 0.25) is 0 Å². The van der Waals surface area contributed by atoms with Crippen molar-refractivity contribution < 1.29 is 4.79 Å². The van der Waals surface area contributed by atoms with Crippen LogP contribution < -0.4 is 4.90 Å². The lowest BCUT2D eigenvalue weighted by molar-refractivity contribution is 0.105. The predicted molar refractivity (Wildman–Crippen MR) is 106 cm³/mol. The fourth-order valence-electron chi connectivity index (χ4n) is 2.68. The molecule has 0 aliphatic rings. The molecule has 2 heteroatoms. The van der Waals surface area contributed by atoms with E-state index in [1.165, 1.54) is 0 Å². The first kappa shape index (κ1) is 16.7. The molecular weight excluding hydrogens is 306 g/mol. The minimum atomic E-state index is 0.0310. The van der Waals surface area contributed by atoms with Crippen molar-refractivity contribution in [3.63, 3.8) is 0 Å². The second kappa shape index (κ2) is 7.63. The first-order valence-corrected chi connectivity index (χ1v) is 8.29. The fraction of sp³-hybridized carbons (Fsp3) is 0.0870. The van der Waals surface area contributed by atoms with Crippen LogP contribution in [-0.2, 0) is 0 Å². The molecule has 3 aromatic rings. The van der Waals surface area contributed by atoms with Crippen LogP contribution in [-0.4, -0.2) is 19.9 Å². The van der Waals surface area contributed by atoms with Gasteiger partial charge in [-0.15, -0.1) is 0 Å². The molecule has 0 heterocycles. The van der Waals surface area contributed by atoms with E-state index in [9.17, 15) is 4.79 Å². The van der Waals surface area contributed by atoms with E-state index >= 15 is 0 Å². The van der Waals surface area contributed by atoms with Gasteiger partial charge in [0.1, 0.15) is 0 Å². The molecule has 2 nitrogen and oxygen atoms in total. The summed E-state index contributed by atoms with van der Waals surface area (Å²) < 4.78 is 0. The summed E-state index contributed by atoms with van der Waals surface area (Å²) in [5.41, 5.74) is 4.46. The number of allylic oxidation sites excluding steroid dienone is 1. The average Bonchev–Trinajstić information content (AvgIpc) is 2.67. The zero-order chi connectivity index (χ0) is 17.6. The highest BCUT2D eigenvalue weighted by Crippen LogP contribution is 2.24. The van der Waals surface area contributed by atoms with Crippen molar-refractivity contribution in [1.82, 2.24) is 0 Å². The number of carbonyl (C=O) groups excluding carboxylic acids is 1. The number of carbonyl (C=O) groups is 1. The highest BCUT2D eigenvalue weighted by molar-refractivity contribution is 6.32. The normalized spacial score (nSPS) is 11.2. The van der Waals surface area contributed by atoms with Gasteiger partial charge in [-0.3, -0.25) is 4.79 Å². The summed E-state index contributed by atoms with van der Waals surface area (Å²) >= 11 is 0. The van der Waals surface area contributed by atoms with E-state index in [1.807, 2.05) is 93.0 Å². The molecule has 0 saturated heterocycles. The third-order valence-corrected chi connectivity index (χ3v) is 4.09. The monoisotopic (exact) mass is 327 g/mol. The number of hydrogen-bond acceptors (Lipinski definition) is 2. The molecule has 25 heavy (non-hydrogen) atoms. The molecule has 0 radical (unpaired) electrons. The number of nitrogens with zero attached hydrogens (tertiary/aromatic N) is 1. The van der Waals surface area contributed by atoms with Crippen molar-refractivity contribution in [2.24, 2.45) is 0 Å². The van der Waals surface area contributed by atoms with Crippen molar-refractivity contribution in [2.45, 2.75) is 0 Å². The number of hydrogen-bond donors (Lipinski definition) is 0. The molecule has 0 aliphatic heterocycles. The van der Waals surface area contributed by atoms with Gasteiger partial charge in [0.05, 0.1) is 0 Å². The molecule has 0 bridgehead atoms. The van der Waals surface area contributed by atoms with Crippen LogP contribution in [0.1, 0.15) is 21.5 Å². The van der Waals surface area contributed by atoms with Gasteiger partial charge in [-0.05, 0) is 29.3 Å². The second-order valence-corrected chi connectivity index (χ2v) is 6.11. The highest BCUT2D eigenvalue weighted by atomic mass is 16.1. The zero-order valence-corrected chi connectivity index (χ0v) is 14.5. The van der Waals surface area contributed by atoms with Gasteiger partial charge < -0.3 is 4.90 Å².